The van der Waals surface area contributed by atoms with Crippen molar-refractivity contribution in [2.45, 2.75) is 11.4 Å². The highest BCUT2D eigenvalue weighted by Crippen LogP contribution is 2.15. The first-order valence-corrected chi connectivity index (χ1v) is 8.06. The Morgan fingerprint density at radius 1 is 1.35 bits per heavy atom. The minimum Gasteiger partial charge on any atom is -0.384 e. The smallest absolute Gasteiger partial charge is 0.242 e. The predicted molar refractivity (Wildman–Crippen MR) is 76.5 cm³/mol. The van der Waals surface area contributed by atoms with Crippen LogP contribution in [0.1, 0.15) is 10.6 Å². The number of aliphatic hydroxyl groups is 1. The Morgan fingerprint density at radius 2 is 2.15 bits per heavy atom. The van der Waals surface area contributed by atoms with Crippen molar-refractivity contribution in [1.29, 1.82) is 0 Å². The summed E-state index contributed by atoms with van der Waals surface area (Å²) >= 11 is 1.38. The number of hydrogen-bond donors (Lipinski definition) is 2. The summed E-state index contributed by atoms with van der Waals surface area (Å²) in [5, 5.41) is 11.2. The van der Waals surface area contributed by atoms with E-state index in [-0.39, 0.29) is 18.0 Å². The third-order valence-corrected chi connectivity index (χ3v) is 4.61. The summed E-state index contributed by atoms with van der Waals surface area (Å²) in [6.07, 6.45) is 1.62. The molecule has 0 unspecified atom stereocenters. The zero-order valence-electron chi connectivity index (χ0n) is 10.4. The van der Waals surface area contributed by atoms with Gasteiger partial charge in [-0.05, 0) is 12.1 Å². The summed E-state index contributed by atoms with van der Waals surface area (Å²) in [5.74, 6) is 5.08. The molecule has 0 aliphatic heterocycles. The van der Waals surface area contributed by atoms with Crippen molar-refractivity contribution in [3.05, 3.63) is 46.4 Å². The number of sulfonamides is 1. The molecule has 0 amide bonds. The Bertz CT molecular complexity index is 728. The van der Waals surface area contributed by atoms with Crippen LogP contribution in [0, 0.1) is 11.8 Å². The summed E-state index contributed by atoms with van der Waals surface area (Å²) in [6.45, 7) is -0.178. The van der Waals surface area contributed by atoms with Crippen molar-refractivity contribution < 1.29 is 13.5 Å². The molecule has 0 radical (unpaired) electrons. The summed E-state index contributed by atoms with van der Waals surface area (Å²) in [6, 6.07) is 6.40. The Morgan fingerprint density at radius 3 is 2.85 bits per heavy atom. The van der Waals surface area contributed by atoms with Gasteiger partial charge in [0.05, 0.1) is 11.4 Å². The van der Waals surface area contributed by atoms with Gasteiger partial charge >= 0.3 is 0 Å². The largest absolute Gasteiger partial charge is 0.384 e. The standard InChI is InChI=1S/C13H12N2O3S2/c16-8-3-5-11-4-1-2-6-12(11)20(17,18)15-10-13-14-7-9-19-13/h1-2,4,6-7,9,15-16H,8,10H2. The molecule has 5 nitrogen and oxygen atoms in total. The molecular weight excluding hydrogens is 296 g/mol. The van der Waals surface area contributed by atoms with Crippen molar-refractivity contribution in [1.82, 2.24) is 9.71 Å². The van der Waals surface area contributed by atoms with Crippen molar-refractivity contribution in [3.63, 3.8) is 0 Å². The molecule has 20 heavy (non-hydrogen) atoms. The molecule has 2 rings (SSSR count). The van der Waals surface area contributed by atoms with Gasteiger partial charge in [0.25, 0.3) is 0 Å². The molecule has 0 spiro atoms. The lowest BCUT2D eigenvalue weighted by molar-refractivity contribution is 0.350. The maximum absolute atomic E-state index is 12.2. The molecule has 7 heteroatoms. The highest BCUT2D eigenvalue weighted by Gasteiger charge is 2.17. The third kappa shape index (κ3) is 3.65. The maximum Gasteiger partial charge on any atom is 0.242 e. The maximum atomic E-state index is 12.2. The van der Waals surface area contributed by atoms with Crippen LogP contribution in [0.3, 0.4) is 0 Å². The fraction of sp³-hybridized carbons (Fsp3) is 0.154. The van der Waals surface area contributed by atoms with Gasteiger partial charge in [0, 0.05) is 17.1 Å². The van der Waals surface area contributed by atoms with Crippen molar-refractivity contribution in [3.8, 4) is 11.8 Å². The van der Waals surface area contributed by atoms with Gasteiger partial charge in [-0.2, -0.15) is 0 Å². The van der Waals surface area contributed by atoms with Gasteiger partial charge in [-0.3, -0.25) is 0 Å². The topological polar surface area (TPSA) is 79.3 Å². The zero-order valence-corrected chi connectivity index (χ0v) is 12.0. The average Bonchev–Trinajstić information content (AvgIpc) is 2.97. The molecule has 104 valence electrons. The first-order chi connectivity index (χ1) is 9.63. The quantitative estimate of drug-likeness (QED) is 0.825. The van der Waals surface area contributed by atoms with Crippen molar-refractivity contribution in [2.75, 3.05) is 6.61 Å². The van der Waals surface area contributed by atoms with Crippen molar-refractivity contribution in [2.24, 2.45) is 0 Å². The molecule has 0 saturated heterocycles. The highest BCUT2D eigenvalue weighted by atomic mass is 32.2. The molecule has 1 heterocycles. The van der Waals surface area contributed by atoms with Crippen LogP contribution in [0.15, 0.2) is 40.7 Å². The number of rotatable bonds is 4. The second-order valence-corrected chi connectivity index (χ2v) is 6.42. The molecule has 2 aromatic rings. The molecule has 1 aromatic heterocycles. The van der Waals surface area contributed by atoms with Crippen LogP contribution in [0.2, 0.25) is 0 Å². The van der Waals surface area contributed by atoms with Crippen LogP contribution < -0.4 is 4.72 Å². The van der Waals surface area contributed by atoms with E-state index in [0.29, 0.717) is 10.6 Å². The first kappa shape index (κ1) is 14.7. The van der Waals surface area contributed by atoms with Crippen LogP contribution in [0.5, 0.6) is 0 Å². The van der Waals surface area contributed by atoms with Gasteiger partial charge < -0.3 is 5.11 Å². The zero-order chi connectivity index (χ0) is 14.4. The summed E-state index contributed by atoms with van der Waals surface area (Å²) in [7, 11) is -3.66. The van der Waals surface area contributed by atoms with Crippen LogP contribution in [-0.4, -0.2) is 25.1 Å². The van der Waals surface area contributed by atoms with Crippen LogP contribution in [0.4, 0.5) is 0 Å². The fourth-order valence-corrected chi connectivity index (χ4v) is 3.31. The number of thiazole rings is 1. The van der Waals surface area contributed by atoms with Gasteiger partial charge in [-0.25, -0.2) is 18.1 Å². The number of benzene rings is 1. The summed E-state index contributed by atoms with van der Waals surface area (Å²) < 4.78 is 27.0. The Kier molecular flexibility index (Phi) is 4.87. The average molecular weight is 308 g/mol. The summed E-state index contributed by atoms with van der Waals surface area (Å²) in [5.41, 5.74) is 0.355. The van der Waals surface area contributed by atoms with Crippen LogP contribution in [-0.2, 0) is 16.6 Å². The van der Waals surface area contributed by atoms with E-state index in [1.165, 1.54) is 17.4 Å². The van der Waals surface area contributed by atoms with Crippen molar-refractivity contribution >= 4 is 21.4 Å². The Labute approximate surface area is 121 Å². The van der Waals surface area contributed by atoms with Crippen LogP contribution in [0.25, 0.3) is 0 Å². The molecular formula is C13H12N2O3S2. The van der Waals surface area contributed by atoms with E-state index in [0.717, 1.165) is 0 Å². The molecule has 1 aromatic carbocycles. The third-order valence-electron chi connectivity index (χ3n) is 2.38. The van der Waals surface area contributed by atoms with E-state index in [2.05, 4.69) is 21.5 Å². The minimum atomic E-state index is -3.66. The lowest BCUT2D eigenvalue weighted by atomic mass is 10.2. The van der Waals surface area contributed by atoms with E-state index < -0.39 is 10.0 Å². The summed E-state index contributed by atoms with van der Waals surface area (Å²) in [4.78, 5) is 4.11. The van der Waals surface area contributed by atoms with Gasteiger partial charge in [-0.1, -0.05) is 24.0 Å². The van der Waals surface area contributed by atoms with E-state index in [1.54, 1.807) is 29.8 Å². The number of nitrogens with zero attached hydrogens (tertiary/aromatic N) is 1. The molecule has 0 saturated carbocycles. The molecule has 2 N–H and O–H groups in total. The predicted octanol–water partition coefficient (Wildman–Crippen LogP) is 0.965. The molecule has 0 aliphatic carbocycles. The number of hydrogen-bond acceptors (Lipinski definition) is 5. The SMILES string of the molecule is O=S(=O)(NCc1nccs1)c1ccccc1C#CCO. The van der Waals surface area contributed by atoms with Gasteiger partial charge in [0.15, 0.2) is 0 Å². The van der Waals surface area contributed by atoms with Gasteiger partial charge in [-0.15, -0.1) is 11.3 Å². The lowest BCUT2D eigenvalue weighted by Crippen LogP contribution is -2.24. The fourth-order valence-electron chi connectivity index (χ4n) is 1.51. The molecule has 0 aliphatic rings. The first-order valence-electron chi connectivity index (χ1n) is 5.70. The van der Waals surface area contributed by atoms with Gasteiger partial charge in [0.1, 0.15) is 11.6 Å². The number of aliphatic hydroxyl groups excluding tert-OH is 1. The Hall–Kier alpha value is -1.72. The van der Waals surface area contributed by atoms with Crippen LogP contribution >= 0.6 is 11.3 Å². The van der Waals surface area contributed by atoms with E-state index in [1.807, 2.05) is 0 Å². The normalized spacial score (nSPS) is 10.8. The highest BCUT2D eigenvalue weighted by molar-refractivity contribution is 7.89. The minimum absolute atomic E-state index is 0.0949. The van der Waals surface area contributed by atoms with Gasteiger partial charge in [0.2, 0.25) is 10.0 Å². The molecule has 0 fully saturated rings. The van der Waals surface area contributed by atoms with E-state index >= 15 is 0 Å². The number of aromatic nitrogens is 1. The number of nitrogens with one attached hydrogen (secondary N) is 1. The molecule has 0 atom stereocenters. The van der Waals surface area contributed by atoms with E-state index in [4.69, 9.17) is 5.11 Å². The lowest BCUT2D eigenvalue weighted by Gasteiger charge is -2.07. The molecule has 0 bridgehead atoms. The Balaban J connectivity index is 2.25. The van der Waals surface area contributed by atoms with E-state index in [9.17, 15) is 8.42 Å². The second-order valence-electron chi connectivity index (χ2n) is 3.71. The monoisotopic (exact) mass is 308 g/mol. The second kappa shape index (κ2) is 6.63.